The van der Waals surface area contributed by atoms with Crippen molar-refractivity contribution in [3.63, 3.8) is 0 Å². The van der Waals surface area contributed by atoms with Gasteiger partial charge in [0.15, 0.2) is 0 Å². The Balaban J connectivity index is 1.68. The predicted octanol–water partition coefficient (Wildman–Crippen LogP) is 6.00. The van der Waals surface area contributed by atoms with Crippen molar-refractivity contribution in [2.45, 2.75) is 4.90 Å². The number of benzene rings is 3. The van der Waals surface area contributed by atoms with Crippen LogP contribution in [0.4, 0.5) is 11.4 Å². The molecule has 0 saturated heterocycles. The molecule has 3 aromatic carbocycles. The number of anilines is 1. The highest BCUT2D eigenvalue weighted by Gasteiger charge is 2.16. The first kappa shape index (κ1) is 18.9. The summed E-state index contributed by atoms with van der Waals surface area (Å²) >= 11 is 7.96. The van der Waals surface area contributed by atoms with Gasteiger partial charge in [-0.1, -0.05) is 30.3 Å². The third-order valence-electron chi connectivity index (χ3n) is 3.59. The summed E-state index contributed by atoms with van der Waals surface area (Å²) in [5.74, 6) is 0.0344. The lowest BCUT2D eigenvalue weighted by Crippen LogP contribution is -2.15. The topological polar surface area (TPSA) is 72.2 Å². The molecule has 0 heterocycles. The number of hydrogen-bond acceptors (Lipinski definition) is 4. The molecular weight excluding hydrogens is 484 g/mol. The van der Waals surface area contributed by atoms with E-state index in [0.29, 0.717) is 14.6 Å². The van der Waals surface area contributed by atoms with Crippen molar-refractivity contribution in [2.24, 2.45) is 0 Å². The highest BCUT2D eigenvalue weighted by atomic mass is 79.9. The summed E-state index contributed by atoms with van der Waals surface area (Å²) in [4.78, 5) is 23.6. The van der Waals surface area contributed by atoms with Gasteiger partial charge in [-0.05, 0) is 54.8 Å². The largest absolute Gasteiger partial charge is 0.323 e. The first-order valence-corrected chi connectivity index (χ1v) is 10.1. The van der Waals surface area contributed by atoms with Crippen LogP contribution in [-0.4, -0.2) is 16.6 Å². The lowest BCUT2D eigenvalue weighted by Gasteiger charge is -2.10. The quantitative estimate of drug-likeness (QED) is 0.267. The van der Waals surface area contributed by atoms with Gasteiger partial charge in [-0.25, -0.2) is 0 Å². The standard InChI is InChI=1S/C18H12Br2N2O3S/c19-15-8-13(22(24)25)9-16(20)18(15)21-17(23)10-26-14-6-5-11-3-1-2-4-12(11)7-14/h1-9H,10H2,(H,21,23). The van der Waals surface area contributed by atoms with E-state index in [4.69, 9.17) is 0 Å². The van der Waals surface area contributed by atoms with Crippen LogP contribution < -0.4 is 5.32 Å². The SMILES string of the molecule is O=C(CSc1ccc2ccccc2c1)Nc1c(Br)cc([N+](=O)[O-])cc1Br. The maximum Gasteiger partial charge on any atom is 0.271 e. The summed E-state index contributed by atoms with van der Waals surface area (Å²) in [6.45, 7) is 0. The third kappa shape index (κ3) is 4.44. The maximum atomic E-state index is 12.3. The summed E-state index contributed by atoms with van der Waals surface area (Å²) in [6, 6.07) is 16.8. The van der Waals surface area contributed by atoms with Crippen LogP contribution in [-0.2, 0) is 4.79 Å². The van der Waals surface area contributed by atoms with E-state index in [1.165, 1.54) is 23.9 Å². The van der Waals surface area contributed by atoms with Crippen molar-refractivity contribution in [3.05, 3.63) is 73.7 Å². The minimum Gasteiger partial charge on any atom is -0.323 e. The number of non-ortho nitro benzene ring substituents is 1. The van der Waals surface area contributed by atoms with Crippen LogP contribution in [0.1, 0.15) is 0 Å². The van der Waals surface area contributed by atoms with E-state index >= 15 is 0 Å². The third-order valence-corrected chi connectivity index (χ3v) is 5.84. The fraction of sp³-hybridized carbons (Fsp3) is 0.0556. The molecule has 0 radical (unpaired) electrons. The Hall–Kier alpha value is -1.90. The molecule has 0 aromatic heterocycles. The summed E-state index contributed by atoms with van der Waals surface area (Å²) in [5.41, 5.74) is 0.409. The van der Waals surface area contributed by atoms with Gasteiger partial charge in [0.25, 0.3) is 5.69 Å². The first-order valence-electron chi connectivity index (χ1n) is 7.49. The molecule has 0 aliphatic rings. The number of fused-ring (bicyclic) bond motifs is 1. The summed E-state index contributed by atoms with van der Waals surface area (Å²) in [6.07, 6.45) is 0. The van der Waals surface area contributed by atoms with Gasteiger partial charge in [0.2, 0.25) is 5.91 Å². The van der Waals surface area contributed by atoms with Gasteiger partial charge < -0.3 is 5.32 Å². The highest BCUT2D eigenvalue weighted by Crippen LogP contribution is 2.35. The molecule has 0 fully saturated rings. The number of amides is 1. The van der Waals surface area contributed by atoms with Crippen molar-refractivity contribution in [1.29, 1.82) is 0 Å². The van der Waals surface area contributed by atoms with E-state index in [1.54, 1.807) is 0 Å². The molecule has 0 atom stereocenters. The normalized spacial score (nSPS) is 10.7. The minimum atomic E-state index is -0.489. The van der Waals surface area contributed by atoms with Gasteiger partial charge in [-0.3, -0.25) is 14.9 Å². The van der Waals surface area contributed by atoms with E-state index < -0.39 is 4.92 Å². The maximum absolute atomic E-state index is 12.3. The van der Waals surface area contributed by atoms with Crippen molar-refractivity contribution in [3.8, 4) is 0 Å². The molecule has 0 bridgehead atoms. The van der Waals surface area contributed by atoms with E-state index in [9.17, 15) is 14.9 Å². The smallest absolute Gasteiger partial charge is 0.271 e. The van der Waals surface area contributed by atoms with Crippen LogP contribution in [0, 0.1) is 10.1 Å². The minimum absolute atomic E-state index is 0.0627. The summed E-state index contributed by atoms with van der Waals surface area (Å²) < 4.78 is 0.894. The van der Waals surface area contributed by atoms with Gasteiger partial charge in [0.1, 0.15) is 0 Å². The number of hydrogen-bond donors (Lipinski definition) is 1. The fourth-order valence-electron chi connectivity index (χ4n) is 2.37. The average molecular weight is 496 g/mol. The Morgan fingerprint density at radius 1 is 1.04 bits per heavy atom. The number of nitro groups is 1. The molecule has 0 aliphatic carbocycles. The number of thioether (sulfide) groups is 1. The molecule has 0 unspecified atom stereocenters. The fourth-order valence-corrected chi connectivity index (χ4v) is 4.47. The Morgan fingerprint density at radius 2 is 1.69 bits per heavy atom. The lowest BCUT2D eigenvalue weighted by molar-refractivity contribution is -0.385. The van der Waals surface area contributed by atoms with Crippen LogP contribution in [0.5, 0.6) is 0 Å². The number of rotatable bonds is 5. The number of nitrogens with zero attached hydrogens (tertiary/aromatic N) is 1. The zero-order chi connectivity index (χ0) is 18.7. The molecule has 1 N–H and O–H groups in total. The molecule has 132 valence electrons. The second-order valence-corrected chi connectivity index (χ2v) is 8.14. The monoisotopic (exact) mass is 494 g/mol. The number of nitrogens with one attached hydrogen (secondary N) is 1. The van der Waals surface area contributed by atoms with E-state index in [1.807, 2.05) is 42.5 Å². The van der Waals surface area contributed by atoms with Gasteiger partial charge in [0, 0.05) is 26.0 Å². The molecule has 3 rings (SSSR count). The van der Waals surface area contributed by atoms with Crippen molar-refractivity contribution in [2.75, 3.05) is 11.1 Å². The van der Waals surface area contributed by atoms with Crippen molar-refractivity contribution in [1.82, 2.24) is 0 Å². The number of nitro benzene ring substituents is 1. The van der Waals surface area contributed by atoms with Gasteiger partial charge in [-0.15, -0.1) is 11.8 Å². The predicted molar refractivity (Wildman–Crippen MR) is 112 cm³/mol. The molecular formula is C18H12Br2N2O3S. The molecule has 5 nitrogen and oxygen atoms in total. The number of carbonyl (C=O) groups excluding carboxylic acids is 1. The van der Waals surface area contributed by atoms with Gasteiger partial charge >= 0.3 is 0 Å². The Kier molecular flexibility index (Phi) is 5.95. The Morgan fingerprint density at radius 3 is 2.35 bits per heavy atom. The van der Waals surface area contributed by atoms with Crippen LogP contribution in [0.3, 0.4) is 0 Å². The average Bonchev–Trinajstić information content (AvgIpc) is 2.62. The second-order valence-electron chi connectivity index (χ2n) is 5.39. The number of halogens is 2. The molecule has 1 amide bonds. The summed E-state index contributed by atoms with van der Waals surface area (Å²) in [7, 11) is 0. The van der Waals surface area contributed by atoms with Gasteiger partial charge in [0.05, 0.1) is 16.4 Å². The zero-order valence-corrected chi connectivity index (χ0v) is 17.2. The van der Waals surface area contributed by atoms with Crippen molar-refractivity contribution >= 4 is 71.7 Å². The van der Waals surface area contributed by atoms with Crippen LogP contribution >= 0.6 is 43.6 Å². The van der Waals surface area contributed by atoms with Gasteiger partial charge in [-0.2, -0.15) is 0 Å². The van der Waals surface area contributed by atoms with E-state index in [-0.39, 0.29) is 17.3 Å². The van der Waals surface area contributed by atoms with Crippen LogP contribution in [0.2, 0.25) is 0 Å². The first-order chi connectivity index (χ1) is 12.4. The molecule has 26 heavy (non-hydrogen) atoms. The molecule has 8 heteroatoms. The van der Waals surface area contributed by atoms with Crippen molar-refractivity contribution < 1.29 is 9.72 Å². The lowest BCUT2D eigenvalue weighted by atomic mass is 10.1. The zero-order valence-electron chi connectivity index (χ0n) is 13.2. The van der Waals surface area contributed by atoms with E-state index in [0.717, 1.165) is 15.7 Å². The number of carbonyl (C=O) groups is 1. The highest BCUT2D eigenvalue weighted by molar-refractivity contribution is 9.11. The Bertz CT molecular complexity index is 988. The second kappa shape index (κ2) is 8.20. The molecule has 0 spiro atoms. The van der Waals surface area contributed by atoms with E-state index in [2.05, 4.69) is 37.2 Å². The molecule has 0 saturated carbocycles. The van der Waals surface area contributed by atoms with Crippen LogP contribution in [0.25, 0.3) is 10.8 Å². The Labute approximate surface area is 170 Å². The molecule has 3 aromatic rings. The van der Waals surface area contributed by atoms with Crippen LogP contribution in [0.15, 0.2) is 68.4 Å². The molecule has 0 aliphatic heterocycles. The summed E-state index contributed by atoms with van der Waals surface area (Å²) in [5, 5.41) is 15.9.